The Hall–Kier alpha value is -1.03. The molecule has 0 aliphatic rings. The third kappa shape index (κ3) is 2.45. The maximum absolute atomic E-state index is 10.4. The summed E-state index contributed by atoms with van der Waals surface area (Å²) in [4.78, 5) is 10.4. The smallest absolute Gasteiger partial charge is 0.307 e. The largest absolute Gasteiger partial charge is 0.508 e. The van der Waals surface area contributed by atoms with Gasteiger partial charge in [-0.05, 0) is 30.2 Å². The molecule has 0 radical (unpaired) electrons. The molecule has 1 aromatic rings. The fraction of sp³-hybridized carbons (Fsp3) is 0.222. The number of hydrogen-bond acceptors (Lipinski definition) is 2. The van der Waals surface area contributed by atoms with E-state index < -0.39 is 5.97 Å². The Balaban J connectivity index is 3.12. The number of rotatable bonds is 2. The molecule has 2 N–H and O–H groups in total. The van der Waals surface area contributed by atoms with Crippen molar-refractivity contribution in [2.24, 2.45) is 0 Å². The van der Waals surface area contributed by atoms with Crippen molar-refractivity contribution in [1.82, 2.24) is 0 Å². The van der Waals surface area contributed by atoms with Gasteiger partial charge in [-0.25, -0.2) is 0 Å². The summed E-state index contributed by atoms with van der Waals surface area (Å²) in [7, 11) is 0. The molecule has 3 nitrogen and oxygen atoms in total. The maximum atomic E-state index is 10.4. The number of carboxylic acid groups (broad SMARTS) is 1. The molecule has 0 atom stereocenters. The van der Waals surface area contributed by atoms with Crippen LogP contribution in [-0.2, 0) is 11.2 Å². The minimum absolute atomic E-state index is 0.0875. The van der Waals surface area contributed by atoms with E-state index in [2.05, 4.69) is 15.9 Å². The second-order valence-electron chi connectivity index (χ2n) is 2.81. The molecule has 0 aromatic heterocycles. The molecule has 13 heavy (non-hydrogen) atoms. The van der Waals surface area contributed by atoms with Crippen LogP contribution in [0.25, 0.3) is 0 Å². The molecule has 0 bridgehead atoms. The van der Waals surface area contributed by atoms with Crippen LogP contribution >= 0.6 is 15.9 Å². The third-order valence-corrected chi connectivity index (χ3v) is 2.79. The summed E-state index contributed by atoms with van der Waals surface area (Å²) < 4.78 is 0.743. The first-order chi connectivity index (χ1) is 6.00. The minimum atomic E-state index is -0.911. The van der Waals surface area contributed by atoms with Crippen molar-refractivity contribution in [3.05, 3.63) is 27.7 Å². The lowest BCUT2D eigenvalue weighted by atomic mass is 10.1. The van der Waals surface area contributed by atoms with E-state index in [1.54, 1.807) is 13.0 Å². The molecule has 0 spiro atoms. The van der Waals surface area contributed by atoms with Crippen molar-refractivity contribution < 1.29 is 15.0 Å². The molecule has 0 unspecified atom stereocenters. The van der Waals surface area contributed by atoms with Crippen LogP contribution in [0.5, 0.6) is 5.75 Å². The van der Waals surface area contributed by atoms with E-state index in [0.717, 1.165) is 10.0 Å². The van der Waals surface area contributed by atoms with E-state index in [-0.39, 0.29) is 12.2 Å². The normalized spacial score (nSPS) is 10.0. The van der Waals surface area contributed by atoms with E-state index in [4.69, 9.17) is 5.11 Å². The van der Waals surface area contributed by atoms with Crippen molar-refractivity contribution in [2.45, 2.75) is 13.3 Å². The van der Waals surface area contributed by atoms with Gasteiger partial charge in [0.2, 0.25) is 0 Å². The number of phenolic OH excluding ortho intramolecular Hbond substituents is 1. The van der Waals surface area contributed by atoms with Crippen molar-refractivity contribution in [3.63, 3.8) is 0 Å². The Kier molecular flexibility index (Phi) is 2.93. The van der Waals surface area contributed by atoms with Crippen molar-refractivity contribution in [1.29, 1.82) is 0 Å². The van der Waals surface area contributed by atoms with E-state index in [1.165, 1.54) is 6.07 Å². The molecule has 0 amide bonds. The molecule has 0 saturated carbocycles. The van der Waals surface area contributed by atoms with E-state index >= 15 is 0 Å². The SMILES string of the molecule is Cc1cc(O)cc(CC(=O)O)c1Br. The van der Waals surface area contributed by atoms with Gasteiger partial charge < -0.3 is 10.2 Å². The summed E-state index contributed by atoms with van der Waals surface area (Å²) in [6.45, 7) is 1.80. The van der Waals surface area contributed by atoms with Crippen LogP contribution in [0.3, 0.4) is 0 Å². The molecule has 0 aliphatic carbocycles. The van der Waals surface area contributed by atoms with E-state index in [9.17, 15) is 9.90 Å². The number of aromatic hydroxyl groups is 1. The molecule has 70 valence electrons. The predicted molar refractivity (Wildman–Crippen MR) is 51.9 cm³/mol. The standard InChI is InChI=1S/C9H9BrO3/c1-5-2-7(11)3-6(9(5)10)4-8(12)13/h2-3,11H,4H2,1H3,(H,12,13). The van der Waals surface area contributed by atoms with E-state index in [1.807, 2.05) is 0 Å². The number of aryl methyl sites for hydroxylation is 1. The van der Waals surface area contributed by atoms with Crippen LogP contribution in [0.4, 0.5) is 0 Å². The van der Waals surface area contributed by atoms with Gasteiger partial charge in [-0.15, -0.1) is 0 Å². The number of aliphatic carboxylic acids is 1. The zero-order chi connectivity index (χ0) is 10.0. The van der Waals surface area contributed by atoms with Gasteiger partial charge in [0.1, 0.15) is 5.75 Å². The maximum Gasteiger partial charge on any atom is 0.307 e. The first-order valence-electron chi connectivity index (χ1n) is 3.70. The van der Waals surface area contributed by atoms with Gasteiger partial charge >= 0.3 is 5.97 Å². The van der Waals surface area contributed by atoms with Gasteiger partial charge in [-0.3, -0.25) is 4.79 Å². The fourth-order valence-corrected chi connectivity index (χ4v) is 1.48. The van der Waals surface area contributed by atoms with Crippen LogP contribution in [0.1, 0.15) is 11.1 Å². The van der Waals surface area contributed by atoms with Crippen LogP contribution in [0.15, 0.2) is 16.6 Å². The Morgan fingerprint density at radius 1 is 1.54 bits per heavy atom. The monoisotopic (exact) mass is 244 g/mol. The summed E-state index contributed by atoms with van der Waals surface area (Å²) in [6, 6.07) is 3.03. The topological polar surface area (TPSA) is 57.5 Å². The Morgan fingerprint density at radius 2 is 2.15 bits per heavy atom. The average molecular weight is 245 g/mol. The molecule has 0 fully saturated rings. The predicted octanol–water partition coefficient (Wildman–Crippen LogP) is 2.09. The number of phenols is 1. The zero-order valence-electron chi connectivity index (χ0n) is 7.04. The fourth-order valence-electron chi connectivity index (χ4n) is 1.11. The van der Waals surface area contributed by atoms with Crippen molar-refractivity contribution >= 4 is 21.9 Å². The van der Waals surface area contributed by atoms with Gasteiger partial charge in [0, 0.05) is 4.47 Å². The molecule has 0 heterocycles. The number of carbonyl (C=O) groups is 1. The quantitative estimate of drug-likeness (QED) is 0.838. The number of hydrogen-bond donors (Lipinski definition) is 2. The average Bonchev–Trinajstić information content (AvgIpc) is 1.98. The Morgan fingerprint density at radius 3 is 2.69 bits per heavy atom. The first-order valence-corrected chi connectivity index (χ1v) is 4.50. The third-order valence-electron chi connectivity index (χ3n) is 1.66. The number of carboxylic acids is 1. The Labute approximate surface area is 84.1 Å². The van der Waals surface area contributed by atoms with Crippen molar-refractivity contribution in [2.75, 3.05) is 0 Å². The van der Waals surface area contributed by atoms with Crippen LogP contribution in [0, 0.1) is 6.92 Å². The van der Waals surface area contributed by atoms with E-state index in [0.29, 0.717) is 5.56 Å². The summed E-state index contributed by atoms with van der Waals surface area (Å²) >= 11 is 3.27. The minimum Gasteiger partial charge on any atom is -0.508 e. The van der Waals surface area contributed by atoms with Gasteiger partial charge in [0.25, 0.3) is 0 Å². The van der Waals surface area contributed by atoms with Crippen LogP contribution in [0.2, 0.25) is 0 Å². The number of halogens is 1. The van der Waals surface area contributed by atoms with Gasteiger partial charge in [-0.1, -0.05) is 15.9 Å². The van der Waals surface area contributed by atoms with Gasteiger partial charge in [0.05, 0.1) is 6.42 Å². The molecular weight excluding hydrogens is 236 g/mol. The highest BCUT2D eigenvalue weighted by Gasteiger charge is 2.08. The molecule has 0 saturated heterocycles. The molecule has 1 rings (SSSR count). The highest BCUT2D eigenvalue weighted by molar-refractivity contribution is 9.10. The number of benzene rings is 1. The summed E-state index contributed by atoms with van der Waals surface area (Å²) in [6.07, 6.45) is -0.0875. The lowest BCUT2D eigenvalue weighted by molar-refractivity contribution is -0.136. The molecule has 0 aliphatic heterocycles. The second kappa shape index (κ2) is 3.79. The van der Waals surface area contributed by atoms with Gasteiger partial charge in [-0.2, -0.15) is 0 Å². The second-order valence-corrected chi connectivity index (χ2v) is 3.60. The summed E-state index contributed by atoms with van der Waals surface area (Å²) in [5, 5.41) is 17.8. The summed E-state index contributed by atoms with van der Waals surface area (Å²) in [5.41, 5.74) is 1.42. The first kappa shape index (κ1) is 10.1. The lowest BCUT2D eigenvalue weighted by Crippen LogP contribution is -2.01. The summed E-state index contributed by atoms with van der Waals surface area (Å²) in [5.74, 6) is -0.817. The van der Waals surface area contributed by atoms with Crippen LogP contribution < -0.4 is 0 Å². The molecule has 1 aromatic carbocycles. The Bertz CT molecular complexity index is 347. The zero-order valence-corrected chi connectivity index (χ0v) is 8.63. The van der Waals surface area contributed by atoms with Crippen LogP contribution in [-0.4, -0.2) is 16.2 Å². The van der Waals surface area contributed by atoms with Crippen molar-refractivity contribution in [3.8, 4) is 5.75 Å². The molecule has 4 heteroatoms. The highest BCUT2D eigenvalue weighted by atomic mass is 79.9. The highest BCUT2D eigenvalue weighted by Crippen LogP contribution is 2.26. The molecular formula is C9H9BrO3. The lowest BCUT2D eigenvalue weighted by Gasteiger charge is -2.05. The van der Waals surface area contributed by atoms with Gasteiger partial charge in [0.15, 0.2) is 0 Å².